The topological polar surface area (TPSA) is 100 Å². The minimum Gasteiger partial charge on any atom is -0.339 e. The summed E-state index contributed by atoms with van der Waals surface area (Å²) < 4.78 is 3.04. The van der Waals surface area contributed by atoms with Crippen molar-refractivity contribution >= 4 is 55.0 Å². The number of aromatic nitrogens is 3. The van der Waals surface area contributed by atoms with Gasteiger partial charge in [-0.15, -0.1) is 11.3 Å². The van der Waals surface area contributed by atoms with Crippen molar-refractivity contribution in [1.29, 1.82) is 0 Å². The zero-order valence-electron chi connectivity index (χ0n) is 19.5. The van der Waals surface area contributed by atoms with E-state index in [1.54, 1.807) is 11.1 Å². The molecule has 1 aliphatic rings. The van der Waals surface area contributed by atoms with E-state index in [1.165, 1.54) is 18.3 Å². The number of fused-ring (bicyclic) bond motifs is 5. The second kappa shape index (κ2) is 9.28. The SMILES string of the molecule is CC(=O)N(CCCN)c1c(=O)c2cnc(N3CCCN(C)CC3)nc2n2c1sc1ccccc12. The van der Waals surface area contributed by atoms with Gasteiger partial charge >= 0.3 is 0 Å². The largest absolute Gasteiger partial charge is 0.339 e. The zero-order valence-corrected chi connectivity index (χ0v) is 20.3. The Morgan fingerprint density at radius 1 is 1.21 bits per heavy atom. The number of para-hydroxylation sites is 1. The van der Waals surface area contributed by atoms with Crippen LogP contribution in [0.5, 0.6) is 0 Å². The number of carbonyl (C=O) groups excluding carboxylic acids is 1. The van der Waals surface area contributed by atoms with E-state index in [2.05, 4.69) is 21.8 Å². The van der Waals surface area contributed by atoms with E-state index in [1.807, 2.05) is 28.7 Å². The summed E-state index contributed by atoms with van der Waals surface area (Å²) in [4.78, 5) is 42.7. The third kappa shape index (κ3) is 3.91. The molecule has 0 radical (unpaired) electrons. The van der Waals surface area contributed by atoms with E-state index in [0.29, 0.717) is 47.0 Å². The number of hydrogen-bond donors (Lipinski definition) is 1. The van der Waals surface area contributed by atoms with Crippen LogP contribution in [0.15, 0.2) is 35.3 Å². The predicted octanol–water partition coefficient (Wildman–Crippen LogP) is 2.30. The summed E-state index contributed by atoms with van der Waals surface area (Å²) in [5, 5.41) is 0.408. The summed E-state index contributed by atoms with van der Waals surface area (Å²) in [6.45, 7) is 5.98. The Labute approximate surface area is 201 Å². The minimum atomic E-state index is -0.226. The first-order chi connectivity index (χ1) is 16.5. The van der Waals surface area contributed by atoms with Gasteiger partial charge < -0.3 is 20.4 Å². The van der Waals surface area contributed by atoms with Crippen LogP contribution in [-0.2, 0) is 4.79 Å². The molecule has 1 amide bonds. The first-order valence-electron chi connectivity index (χ1n) is 11.6. The van der Waals surface area contributed by atoms with Gasteiger partial charge in [-0.3, -0.25) is 14.0 Å². The molecule has 1 aromatic carbocycles. The van der Waals surface area contributed by atoms with Crippen molar-refractivity contribution in [2.45, 2.75) is 19.8 Å². The average Bonchev–Trinajstić information content (AvgIpc) is 3.08. The van der Waals surface area contributed by atoms with E-state index >= 15 is 0 Å². The Balaban J connectivity index is 1.79. The van der Waals surface area contributed by atoms with Crippen molar-refractivity contribution in [3.8, 4) is 0 Å². The Kier molecular flexibility index (Phi) is 6.20. The molecule has 10 heteroatoms. The van der Waals surface area contributed by atoms with Gasteiger partial charge in [0.2, 0.25) is 17.3 Å². The van der Waals surface area contributed by atoms with Gasteiger partial charge in [0.05, 0.1) is 15.6 Å². The first kappa shape index (κ1) is 22.7. The van der Waals surface area contributed by atoms with Crippen molar-refractivity contribution in [1.82, 2.24) is 19.3 Å². The van der Waals surface area contributed by atoms with E-state index < -0.39 is 0 Å². The molecule has 0 atom stereocenters. The van der Waals surface area contributed by atoms with E-state index in [-0.39, 0.29) is 11.3 Å². The summed E-state index contributed by atoms with van der Waals surface area (Å²) in [6, 6.07) is 8.00. The molecular weight excluding hydrogens is 450 g/mol. The highest BCUT2D eigenvalue weighted by molar-refractivity contribution is 7.24. The van der Waals surface area contributed by atoms with Crippen LogP contribution in [0.2, 0.25) is 0 Å². The fraction of sp³-hybridized carbons (Fsp3) is 0.417. The smallest absolute Gasteiger partial charge is 0.227 e. The summed E-state index contributed by atoms with van der Waals surface area (Å²) in [7, 11) is 2.12. The van der Waals surface area contributed by atoms with Crippen molar-refractivity contribution < 1.29 is 4.79 Å². The number of hydrogen-bond acceptors (Lipinski definition) is 8. The maximum Gasteiger partial charge on any atom is 0.227 e. The van der Waals surface area contributed by atoms with Gasteiger partial charge in [-0.2, -0.15) is 4.98 Å². The Hall–Kier alpha value is -3.08. The quantitative estimate of drug-likeness (QED) is 0.469. The summed E-state index contributed by atoms with van der Waals surface area (Å²) >= 11 is 1.50. The fourth-order valence-electron chi connectivity index (χ4n) is 4.58. The van der Waals surface area contributed by atoms with Crippen LogP contribution >= 0.6 is 11.3 Å². The molecule has 0 saturated carbocycles. The second-order valence-electron chi connectivity index (χ2n) is 8.75. The molecule has 0 unspecified atom stereocenters. The number of likely N-dealkylation sites (N-methyl/N-ethyl adjacent to an activating group) is 1. The van der Waals surface area contributed by atoms with Gasteiger partial charge in [-0.1, -0.05) is 12.1 Å². The Bertz CT molecular complexity index is 1430. The van der Waals surface area contributed by atoms with Crippen LogP contribution in [0.1, 0.15) is 19.8 Å². The third-order valence-corrected chi connectivity index (χ3v) is 7.52. The molecule has 0 bridgehead atoms. The number of thiazole rings is 1. The van der Waals surface area contributed by atoms with E-state index in [9.17, 15) is 9.59 Å². The molecule has 0 spiro atoms. The maximum atomic E-state index is 13.8. The van der Waals surface area contributed by atoms with Crippen molar-refractivity contribution in [2.24, 2.45) is 5.73 Å². The number of anilines is 2. The number of carbonyl (C=O) groups is 1. The molecule has 3 aromatic heterocycles. The van der Waals surface area contributed by atoms with Crippen molar-refractivity contribution in [3.05, 3.63) is 40.7 Å². The first-order valence-corrected chi connectivity index (χ1v) is 12.5. The zero-order chi connectivity index (χ0) is 23.8. The molecule has 0 aliphatic carbocycles. The molecule has 9 nitrogen and oxygen atoms in total. The molecule has 34 heavy (non-hydrogen) atoms. The highest BCUT2D eigenvalue weighted by atomic mass is 32.1. The number of benzene rings is 1. The highest BCUT2D eigenvalue weighted by Crippen LogP contribution is 2.34. The lowest BCUT2D eigenvalue weighted by Gasteiger charge is -2.23. The standard InChI is InChI=1S/C24H29N7O2S/c1-16(32)30(12-5-9-25)20-21(33)17-15-26-24(29-11-6-10-28(2)13-14-29)27-22(17)31-18-7-3-4-8-19(18)34-23(20)31/h3-4,7-8,15H,5-6,9-14,25H2,1-2H3. The molecule has 4 aromatic rings. The Morgan fingerprint density at radius 3 is 2.82 bits per heavy atom. The van der Waals surface area contributed by atoms with Gasteiger partial charge in [0.1, 0.15) is 10.5 Å². The molecule has 1 aliphatic heterocycles. The second-order valence-corrected chi connectivity index (χ2v) is 9.78. The molecular formula is C24H29N7O2S. The van der Waals surface area contributed by atoms with Gasteiger partial charge in [0, 0.05) is 39.3 Å². The van der Waals surface area contributed by atoms with E-state index in [4.69, 9.17) is 10.7 Å². The van der Waals surface area contributed by atoms with Crippen molar-refractivity contribution in [3.63, 3.8) is 0 Å². The third-order valence-electron chi connectivity index (χ3n) is 6.38. The molecule has 4 heterocycles. The number of amides is 1. The molecule has 1 saturated heterocycles. The van der Waals surface area contributed by atoms with Gasteiger partial charge in [-0.25, -0.2) is 4.98 Å². The lowest BCUT2D eigenvalue weighted by molar-refractivity contribution is -0.116. The highest BCUT2D eigenvalue weighted by Gasteiger charge is 2.25. The summed E-state index contributed by atoms with van der Waals surface area (Å²) in [6.07, 6.45) is 3.26. The van der Waals surface area contributed by atoms with Crippen molar-refractivity contribution in [2.75, 3.05) is 56.1 Å². The van der Waals surface area contributed by atoms with Crippen LogP contribution in [0, 0.1) is 0 Å². The van der Waals surface area contributed by atoms with Crippen LogP contribution in [0.3, 0.4) is 0 Å². The monoisotopic (exact) mass is 479 g/mol. The Morgan fingerprint density at radius 2 is 2.03 bits per heavy atom. The number of nitrogens with two attached hydrogens (primary N) is 1. The van der Waals surface area contributed by atoms with Crippen LogP contribution in [-0.4, -0.2) is 71.5 Å². The van der Waals surface area contributed by atoms with Crippen LogP contribution < -0.4 is 21.0 Å². The lowest BCUT2D eigenvalue weighted by Crippen LogP contribution is -2.35. The molecule has 1 fully saturated rings. The lowest BCUT2D eigenvalue weighted by atomic mass is 10.2. The maximum absolute atomic E-state index is 13.8. The summed E-state index contributed by atoms with van der Waals surface area (Å²) in [5.74, 6) is 0.445. The molecule has 2 N–H and O–H groups in total. The normalized spacial score (nSPS) is 15.3. The van der Waals surface area contributed by atoms with Gasteiger partial charge in [0.15, 0.2) is 5.65 Å². The number of pyridine rings is 1. The van der Waals surface area contributed by atoms with Crippen LogP contribution in [0.25, 0.3) is 26.1 Å². The summed E-state index contributed by atoms with van der Waals surface area (Å²) in [5.41, 5.74) is 7.40. The van der Waals surface area contributed by atoms with Gasteiger partial charge in [-0.05, 0) is 45.1 Å². The van der Waals surface area contributed by atoms with Crippen LogP contribution in [0.4, 0.5) is 11.6 Å². The van der Waals surface area contributed by atoms with E-state index in [0.717, 1.165) is 42.8 Å². The average molecular weight is 480 g/mol. The minimum absolute atomic E-state index is 0.185. The predicted molar refractivity (Wildman–Crippen MR) is 138 cm³/mol. The number of nitrogens with zero attached hydrogens (tertiary/aromatic N) is 6. The fourth-order valence-corrected chi connectivity index (χ4v) is 5.78. The van der Waals surface area contributed by atoms with Gasteiger partial charge in [0.25, 0.3) is 0 Å². The molecule has 5 rings (SSSR count). The number of rotatable bonds is 5. The molecule has 178 valence electrons.